The summed E-state index contributed by atoms with van der Waals surface area (Å²) in [6.07, 6.45) is -0.0429. The molecule has 1 fully saturated rings. The fourth-order valence-corrected chi connectivity index (χ4v) is 3.64. The molecule has 1 aliphatic rings. The molecule has 0 radical (unpaired) electrons. The maximum absolute atomic E-state index is 12.5. The van der Waals surface area contributed by atoms with E-state index in [1.54, 1.807) is 16.7 Å². The van der Waals surface area contributed by atoms with Gasteiger partial charge in [0.05, 0.1) is 12.5 Å². The molecule has 1 aromatic heterocycles. The van der Waals surface area contributed by atoms with Gasteiger partial charge in [-0.3, -0.25) is 9.59 Å². The van der Waals surface area contributed by atoms with E-state index in [9.17, 15) is 9.59 Å². The highest BCUT2D eigenvalue weighted by atomic mass is 32.2. The first-order valence-electron chi connectivity index (χ1n) is 7.55. The highest BCUT2D eigenvalue weighted by Crippen LogP contribution is 2.19. The summed E-state index contributed by atoms with van der Waals surface area (Å²) in [6, 6.07) is 9.11. The highest BCUT2D eigenvalue weighted by molar-refractivity contribution is 7.99. The van der Waals surface area contributed by atoms with Crippen LogP contribution in [0.25, 0.3) is 11.4 Å². The molecule has 24 heavy (non-hydrogen) atoms. The van der Waals surface area contributed by atoms with Gasteiger partial charge in [0.15, 0.2) is 0 Å². The zero-order valence-corrected chi connectivity index (χ0v) is 13.7. The number of thioether (sulfide) groups is 1. The molecule has 3 rings (SSSR count). The molecule has 1 atom stereocenters. The number of carboxylic acid groups (broad SMARTS) is 1. The van der Waals surface area contributed by atoms with Crippen LogP contribution < -0.4 is 0 Å². The molecule has 0 spiro atoms. The molecule has 0 saturated carbocycles. The predicted octanol–water partition coefficient (Wildman–Crippen LogP) is 0.759. The molecule has 126 valence electrons. The van der Waals surface area contributed by atoms with Crippen LogP contribution in [0.5, 0.6) is 0 Å². The van der Waals surface area contributed by atoms with E-state index in [1.807, 2.05) is 30.3 Å². The maximum atomic E-state index is 12.5. The standard InChI is InChI=1S/C15H17N5O3S/c21-13(19-6-7-24-10-12(19)8-14(22)23)9-20-17-15(16-18-20)11-4-2-1-3-5-11/h1-5,12H,6-10H2,(H,22,23). The van der Waals surface area contributed by atoms with Gasteiger partial charge in [0, 0.05) is 23.6 Å². The monoisotopic (exact) mass is 347 g/mol. The second-order valence-electron chi connectivity index (χ2n) is 5.42. The Labute approximate surface area is 142 Å². The van der Waals surface area contributed by atoms with Crippen molar-refractivity contribution < 1.29 is 14.7 Å². The third-order valence-electron chi connectivity index (χ3n) is 3.72. The fourth-order valence-electron chi connectivity index (χ4n) is 2.58. The van der Waals surface area contributed by atoms with Gasteiger partial charge in [0.1, 0.15) is 6.54 Å². The summed E-state index contributed by atoms with van der Waals surface area (Å²) in [5.74, 6) is 0.823. The Kier molecular flexibility index (Phi) is 5.09. The molecular formula is C15H17N5O3S. The molecule has 0 aliphatic carbocycles. The molecule has 2 heterocycles. The van der Waals surface area contributed by atoms with Crippen molar-refractivity contribution in [1.82, 2.24) is 25.1 Å². The van der Waals surface area contributed by atoms with E-state index < -0.39 is 5.97 Å². The number of hydrogen-bond acceptors (Lipinski definition) is 6. The summed E-state index contributed by atoms with van der Waals surface area (Å²) >= 11 is 1.67. The number of nitrogens with zero attached hydrogens (tertiary/aromatic N) is 5. The average molecular weight is 347 g/mol. The molecular weight excluding hydrogens is 330 g/mol. The Hall–Kier alpha value is -2.42. The van der Waals surface area contributed by atoms with Gasteiger partial charge in [-0.15, -0.1) is 10.2 Å². The van der Waals surface area contributed by atoms with E-state index in [1.165, 1.54) is 4.80 Å². The summed E-state index contributed by atoms with van der Waals surface area (Å²) in [5.41, 5.74) is 0.828. The van der Waals surface area contributed by atoms with Gasteiger partial charge in [-0.1, -0.05) is 30.3 Å². The van der Waals surface area contributed by atoms with Crippen LogP contribution in [0.4, 0.5) is 0 Å². The van der Waals surface area contributed by atoms with Crippen LogP contribution in [0, 0.1) is 0 Å². The normalized spacial score (nSPS) is 17.7. The molecule has 0 bridgehead atoms. The summed E-state index contributed by atoms with van der Waals surface area (Å²) in [5, 5.41) is 21.1. The highest BCUT2D eigenvalue weighted by Gasteiger charge is 2.29. The van der Waals surface area contributed by atoms with Gasteiger partial charge in [0.25, 0.3) is 0 Å². The number of carbonyl (C=O) groups is 2. The SMILES string of the molecule is O=C(O)CC1CSCCN1C(=O)Cn1nnc(-c2ccccc2)n1. The molecule has 1 N–H and O–H groups in total. The van der Waals surface area contributed by atoms with E-state index in [2.05, 4.69) is 15.4 Å². The van der Waals surface area contributed by atoms with Gasteiger partial charge in [0.2, 0.25) is 11.7 Å². The molecule has 9 heteroatoms. The Morgan fingerprint density at radius 1 is 1.29 bits per heavy atom. The van der Waals surface area contributed by atoms with Crippen molar-refractivity contribution in [2.75, 3.05) is 18.1 Å². The zero-order chi connectivity index (χ0) is 16.9. The van der Waals surface area contributed by atoms with Crippen LogP contribution in [0.3, 0.4) is 0 Å². The van der Waals surface area contributed by atoms with Crippen LogP contribution in [-0.4, -0.2) is 66.2 Å². The third-order valence-corrected chi connectivity index (χ3v) is 4.81. The van der Waals surface area contributed by atoms with Crippen molar-refractivity contribution in [3.8, 4) is 11.4 Å². The molecule has 1 amide bonds. The lowest BCUT2D eigenvalue weighted by Gasteiger charge is -2.34. The second-order valence-corrected chi connectivity index (χ2v) is 6.57. The average Bonchev–Trinajstić information content (AvgIpc) is 3.04. The lowest BCUT2D eigenvalue weighted by molar-refractivity contribution is -0.140. The number of aromatic nitrogens is 4. The minimum Gasteiger partial charge on any atom is -0.481 e. The van der Waals surface area contributed by atoms with Gasteiger partial charge in [-0.25, -0.2) is 0 Å². The van der Waals surface area contributed by atoms with Gasteiger partial charge in [-0.05, 0) is 5.21 Å². The lowest BCUT2D eigenvalue weighted by Crippen LogP contribution is -2.48. The maximum Gasteiger partial charge on any atom is 0.305 e. The summed E-state index contributed by atoms with van der Waals surface area (Å²) in [4.78, 5) is 26.3. The quantitative estimate of drug-likeness (QED) is 0.852. The summed E-state index contributed by atoms with van der Waals surface area (Å²) in [7, 11) is 0. The van der Waals surface area contributed by atoms with Crippen molar-refractivity contribution >= 4 is 23.6 Å². The number of rotatable bonds is 5. The number of hydrogen-bond donors (Lipinski definition) is 1. The predicted molar refractivity (Wildman–Crippen MR) is 88.3 cm³/mol. The van der Waals surface area contributed by atoms with Crippen molar-refractivity contribution in [3.05, 3.63) is 30.3 Å². The van der Waals surface area contributed by atoms with E-state index in [-0.39, 0.29) is 24.9 Å². The van der Waals surface area contributed by atoms with E-state index >= 15 is 0 Å². The smallest absolute Gasteiger partial charge is 0.305 e. The Morgan fingerprint density at radius 3 is 2.83 bits per heavy atom. The topological polar surface area (TPSA) is 101 Å². The van der Waals surface area contributed by atoms with Gasteiger partial charge >= 0.3 is 5.97 Å². The first-order chi connectivity index (χ1) is 11.6. The van der Waals surface area contributed by atoms with E-state index in [0.29, 0.717) is 18.1 Å². The summed E-state index contributed by atoms with van der Waals surface area (Å²) < 4.78 is 0. The van der Waals surface area contributed by atoms with Crippen molar-refractivity contribution in [2.45, 2.75) is 19.0 Å². The minimum atomic E-state index is -0.898. The molecule has 1 saturated heterocycles. The number of tetrazole rings is 1. The minimum absolute atomic E-state index is 0.0411. The molecule has 1 unspecified atom stereocenters. The van der Waals surface area contributed by atoms with Crippen LogP contribution >= 0.6 is 11.8 Å². The Morgan fingerprint density at radius 2 is 2.08 bits per heavy atom. The first-order valence-corrected chi connectivity index (χ1v) is 8.71. The van der Waals surface area contributed by atoms with Crippen LogP contribution in [0.2, 0.25) is 0 Å². The summed E-state index contributed by atoms with van der Waals surface area (Å²) in [6.45, 7) is 0.502. The second kappa shape index (κ2) is 7.43. The van der Waals surface area contributed by atoms with Gasteiger partial charge in [-0.2, -0.15) is 16.6 Å². The van der Waals surface area contributed by atoms with Crippen LogP contribution in [-0.2, 0) is 16.1 Å². The number of carboxylic acids is 1. The molecule has 1 aromatic carbocycles. The zero-order valence-electron chi connectivity index (χ0n) is 12.9. The molecule has 1 aliphatic heterocycles. The lowest BCUT2D eigenvalue weighted by atomic mass is 10.2. The number of amides is 1. The van der Waals surface area contributed by atoms with Crippen molar-refractivity contribution in [2.24, 2.45) is 0 Å². The van der Waals surface area contributed by atoms with E-state index in [4.69, 9.17) is 5.11 Å². The van der Waals surface area contributed by atoms with Crippen molar-refractivity contribution in [3.63, 3.8) is 0 Å². The molecule has 8 nitrogen and oxygen atoms in total. The Bertz CT molecular complexity index is 721. The Balaban J connectivity index is 1.68. The van der Waals surface area contributed by atoms with Crippen LogP contribution in [0.15, 0.2) is 30.3 Å². The van der Waals surface area contributed by atoms with Crippen LogP contribution in [0.1, 0.15) is 6.42 Å². The van der Waals surface area contributed by atoms with Crippen molar-refractivity contribution in [1.29, 1.82) is 0 Å². The number of carbonyl (C=O) groups excluding carboxylic acids is 1. The number of benzene rings is 1. The first kappa shape index (κ1) is 16.4. The number of aliphatic carboxylic acids is 1. The largest absolute Gasteiger partial charge is 0.481 e. The molecule has 2 aromatic rings. The van der Waals surface area contributed by atoms with E-state index in [0.717, 1.165) is 11.3 Å². The third kappa shape index (κ3) is 3.91. The fraction of sp³-hybridized carbons (Fsp3) is 0.400. The van der Waals surface area contributed by atoms with Gasteiger partial charge < -0.3 is 10.0 Å².